The quantitative estimate of drug-likeness (QED) is 0.304. The third-order valence-corrected chi connectivity index (χ3v) is 10.3. The van der Waals surface area contributed by atoms with E-state index in [1.807, 2.05) is 54.6 Å². The molecule has 7 rings (SSSR count). The largest absolute Gasteiger partial charge is 0.504 e. The van der Waals surface area contributed by atoms with E-state index in [9.17, 15) is 29.1 Å². The van der Waals surface area contributed by atoms with Crippen molar-refractivity contribution in [3.05, 3.63) is 119 Å². The van der Waals surface area contributed by atoms with Gasteiger partial charge in [-0.25, -0.2) is 4.79 Å². The summed E-state index contributed by atoms with van der Waals surface area (Å²) in [6, 6.07) is 22.0. The molecule has 0 unspecified atom stereocenters. The van der Waals surface area contributed by atoms with Crippen LogP contribution in [0.3, 0.4) is 0 Å². The highest BCUT2D eigenvalue weighted by molar-refractivity contribution is 6.31. The van der Waals surface area contributed by atoms with Crippen LogP contribution in [0.1, 0.15) is 29.5 Å². The highest BCUT2D eigenvalue weighted by Gasteiger charge is 2.65. The second-order valence-electron chi connectivity index (χ2n) is 12.5. The van der Waals surface area contributed by atoms with Gasteiger partial charge in [0, 0.05) is 17.4 Å². The number of phenols is 1. The van der Waals surface area contributed by atoms with Gasteiger partial charge in [0.15, 0.2) is 23.1 Å². The van der Waals surface area contributed by atoms with E-state index in [0.717, 1.165) is 5.57 Å². The molecule has 3 aromatic carbocycles. The fraction of sp³-hybridized carbons (Fsp3) is 0.237. The van der Waals surface area contributed by atoms with Gasteiger partial charge in [0.25, 0.3) is 0 Å². The second kappa shape index (κ2) is 11.3. The maximum Gasteiger partial charge on any atom is 0.328 e. The summed E-state index contributed by atoms with van der Waals surface area (Å²) in [6.45, 7) is 0. The minimum absolute atomic E-state index is 0.0284. The molecular formula is C38H32N2O7. The lowest BCUT2D eigenvalue weighted by Gasteiger charge is -2.54. The molecule has 4 amide bonds. The average Bonchev–Trinajstić information content (AvgIpc) is 3.35. The zero-order valence-corrected chi connectivity index (χ0v) is 25.5. The lowest BCUT2D eigenvalue weighted by molar-refractivity contribution is -0.137. The molecule has 1 saturated heterocycles. The number of ether oxygens (including phenoxy) is 1. The molecule has 1 aliphatic heterocycles. The van der Waals surface area contributed by atoms with Crippen molar-refractivity contribution in [2.24, 2.45) is 35.3 Å². The van der Waals surface area contributed by atoms with Crippen molar-refractivity contribution in [3.63, 3.8) is 0 Å². The molecular weight excluding hydrogens is 596 g/mol. The molecule has 0 bridgehead atoms. The number of hydrogen-bond donors (Lipinski definition) is 2. The van der Waals surface area contributed by atoms with Crippen molar-refractivity contribution < 1.29 is 33.8 Å². The van der Waals surface area contributed by atoms with E-state index in [2.05, 4.69) is 0 Å². The van der Waals surface area contributed by atoms with Crippen LogP contribution in [-0.4, -0.2) is 46.5 Å². The van der Waals surface area contributed by atoms with E-state index in [-0.39, 0.29) is 35.9 Å². The number of rotatable bonds is 5. The lowest BCUT2D eigenvalue weighted by atomic mass is 9.45. The minimum Gasteiger partial charge on any atom is -0.504 e. The monoisotopic (exact) mass is 628 g/mol. The maximum atomic E-state index is 14.9. The summed E-state index contributed by atoms with van der Waals surface area (Å²) in [7, 11) is 1.45. The van der Waals surface area contributed by atoms with Crippen LogP contribution >= 0.6 is 0 Å². The van der Waals surface area contributed by atoms with Crippen molar-refractivity contribution in [1.82, 2.24) is 4.90 Å². The summed E-state index contributed by atoms with van der Waals surface area (Å²) in [4.78, 5) is 69.4. The summed E-state index contributed by atoms with van der Waals surface area (Å²) in [5.41, 5.74) is 7.14. The molecule has 3 aliphatic carbocycles. The Hall–Kier alpha value is -5.57. The van der Waals surface area contributed by atoms with Gasteiger partial charge in [-0.15, -0.1) is 0 Å². The van der Waals surface area contributed by atoms with E-state index in [1.54, 1.807) is 36.4 Å². The van der Waals surface area contributed by atoms with E-state index < -0.39 is 52.8 Å². The molecule has 4 aliphatic rings. The molecule has 0 spiro atoms. The summed E-state index contributed by atoms with van der Waals surface area (Å²) >= 11 is 0. The van der Waals surface area contributed by atoms with Gasteiger partial charge in [-0.1, -0.05) is 90.5 Å². The number of fused-ring (bicyclic) bond motifs is 4. The fourth-order valence-electron chi connectivity index (χ4n) is 8.34. The molecule has 3 N–H and O–H groups in total. The topological polar surface area (TPSA) is 144 Å². The molecule has 1 saturated carbocycles. The number of urea groups is 1. The molecule has 236 valence electrons. The highest BCUT2D eigenvalue weighted by atomic mass is 16.5. The summed E-state index contributed by atoms with van der Waals surface area (Å²) < 4.78 is 5.31. The predicted molar refractivity (Wildman–Crippen MR) is 172 cm³/mol. The molecule has 2 fully saturated rings. The van der Waals surface area contributed by atoms with Crippen molar-refractivity contribution in [2.45, 2.75) is 18.3 Å². The Morgan fingerprint density at radius 3 is 2.34 bits per heavy atom. The highest BCUT2D eigenvalue weighted by Crippen LogP contribution is 2.61. The van der Waals surface area contributed by atoms with E-state index in [1.165, 1.54) is 19.3 Å². The number of benzene rings is 3. The Morgan fingerprint density at radius 1 is 0.957 bits per heavy atom. The first-order valence-electron chi connectivity index (χ1n) is 15.5. The predicted octanol–water partition coefficient (Wildman–Crippen LogP) is 4.85. The third-order valence-electron chi connectivity index (χ3n) is 10.3. The Kier molecular flexibility index (Phi) is 7.27. The number of nitrogens with zero attached hydrogens (tertiary/aromatic N) is 1. The number of imide groups is 3. The summed E-state index contributed by atoms with van der Waals surface area (Å²) in [5, 5.41) is 10.2. The Bertz CT molecular complexity index is 1930. The van der Waals surface area contributed by atoms with Gasteiger partial charge in [-0.2, -0.15) is 4.90 Å². The first-order valence-corrected chi connectivity index (χ1v) is 15.5. The number of aromatic hydroxyl groups is 1. The number of Topliss-reactive ketones (excluding diaryl/α,β-unsaturated/α-hetero) is 1. The lowest BCUT2D eigenvalue weighted by Crippen LogP contribution is -2.59. The van der Waals surface area contributed by atoms with Crippen LogP contribution in [0.25, 0.3) is 11.6 Å². The number of allylic oxidation sites excluding steroid dienone is 5. The minimum atomic E-state index is -1.36. The number of nitrogens with two attached hydrogens (primary N) is 1. The van der Waals surface area contributed by atoms with Gasteiger partial charge in [-0.05, 0) is 53.7 Å². The Labute approximate surface area is 271 Å². The molecule has 0 aromatic heterocycles. The smallest absolute Gasteiger partial charge is 0.328 e. The number of phenolic OH excluding ortho intramolecular Hbond substituents is 1. The molecule has 3 aromatic rings. The van der Waals surface area contributed by atoms with Gasteiger partial charge in [-0.3, -0.25) is 19.2 Å². The average molecular weight is 629 g/mol. The molecule has 1 heterocycles. The van der Waals surface area contributed by atoms with Crippen LogP contribution in [0, 0.1) is 29.6 Å². The standard InChI is InChI=1S/C38H32N2O7/c1-47-31-18-21(13-17-30(31)41)12-16-28-24-14-15-25-33(36(45)40(35(25)44)37(39)46)27(24)19-29-34(43)26(22-8-4-2-5-9-22)20-32(42)38(28,29)23-10-6-3-7-11-23/h2-14,16-18,20,25,27-29,33,41H,15,19H2,1H3,(H2,39,46)/t25-,27+,28-,29-,33-,38-/m0/s1. The molecule has 9 heteroatoms. The van der Waals surface area contributed by atoms with E-state index >= 15 is 0 Å². The fourth-order valence-corrected chi connectivity index (χ4v) is 8.34. The number of amides is 4. The summed E-state index contributed by atoms with van der Waals surface area (Å²) in [5.74, 6) is -5.43. The normalized spacial score (nSPS) is 28.4. The van der Waals surface area contributed by atoms with Gasteiger partial charge >= 0.3 is 6.03 Å². The van der Waals surface area contributed by atoms with Crippen LogP contribution < -0.4 is 10.5 Å². The first kappa shape index (κ1) is 30.1. The van der Waals surface area contributed by atoms with Gasteiger partial charge in [0.2, 0.25) is 11.8 Å². The zero-order valence-electron chi connectivity index (χ0n) is 25.5. The van der Waals surface area contributed by atoms with Crippen LogP contribution in [0.5, 0.6) is 11.5 Å². The Balaban J connectivity index is 1.46. The van der Waals surface area contributed by atoms with Gasteiger partial charge in [0.05, 0.1) is 24.4 Å². The number of primary amides is 1. The van der Waals surface area contributed by atoms with Crippen LogP contribution in [0.4, 0.5) is 4.79 Å². The van der Waals surface area contributed by atoms with E-state index in [0.29, 0.717) is 27.2 Å². The molecule has 47 heavy (non-hydrogen) atoms. The number of likely N-dealkylation sites (tertiary alicyclic amines) is 1. The van der Waals surface area contributed by atoms with Crippen molar-refractivity contribution >= 4 is 41.1 Å². The van der Waals surface area contributed by atoms with Crippen molar-refractivity contribution in [2.75, 3.05) is 7.11 Å². The molecule has 9 nitrogen and oxygen atoms in total. The Morgan fingerprint density at radius 2 is 1.66 bits per heavy atom. The SMILES string of the molecule is COc1cc(C=C[C@H]2C3=CC[C@@H]4C(=O)N(C(N)=O)C(=O)[C@@H]4[C@@H]3C[C@H]3C(=O)C(c4ccccc4)=CC(=O)[C@@]23c2ccccc2)ccc1O. The molecule has 0 radical (unpaired) electrons. The number of carbonyl (C=O) groups is 5. The van der Waals surface area contributed by atoms with Crippen LogP contribution in [-0.2, 0) is 24.6 Å². The third kappa shape index (κ3) is 4.48. The van der Waals surface area contributed by atoms with Crippen molar-refractivity contribution in [1.29, 1.82) is 0 Å². The maximum absolute atomic E-state index is 14.9. The van der Waals surface area contributed by atoms with Gasteiger partial charge in [0.1, 0.15) is 0 Å². The van der Waals surface area contributed by atoms with Crippen molar-refractivity contribution in [3.8, 4) is 11.5 Å². The number of hydrogen-bond acceptors (Lipinski definition) is 7. The number of ketones is 2. The number of methoxy groups -OCH3 is 1. The first-order chi connectivity index (χ1) is 22.7. The van der Waals surface area contributed by atoms with Crippen LogP contribution in [0.15, 0.2) is 103 Å². The second-order valence-corrected chi connectivity index (χ2v) is 12.5. The van der Waals surface area contributed by atoms with Crippen LogP contribution in [0.2, 0.25) is 0 Å². The van der Waals surface area contributed by atoms with Gasteiger partial charge < -0.3 is 15.6 Å². The summed E-state index contributed by atoms with van der Waals surface area (Å²) in [6.07, 6.45) is 7.36. The molecule has 6 atom stereocenters. The van der Waals surface area contributed by atoms with E-state index in [4.69, 9.17) is 10.5 Å². The number of carbonyl (C=O) groups excluding carboxylic acids is 5. The zero-order chi connectivity index (χ0) is 33.0.